The number of nitrogens with one attached hydrogen (secondary N) is 1. The van der Waals surface area contributed by atoms with Crippen LogP contribution in [0.15, 0.2) is 23.8 Å². The van der Waals surface area contributed by atoms with E-state index in [4.69, 9.17) is 9.47 Å². The summed E-state index contributed by atoms with van der Waals surface area (Å²) in [6.07, 6.45) is 1.00. The molecule has 12 heteroatoms. The van der Waals surface area contributed by atoms with Crippen LogP contribution in [0.25, 0.3) is 0 Å². The highest BCUT2D eigenvalue weighted by molar-refractivity contribution is 7.13. The highest BCUT2D eigenvalue weighted by Crippen LogP contribution is 2.51. The van der Waals surface area contributed by atoms with Gasteiger partial charge in [-0.3, -0.25) is 9.78 Å². The first kappa shape index (κ1) is 26.0. The van der Waals surface area contributed by atoms with Gasteiger partial charge in [-0.15, -0.1) is 11.3 Å². The van der Waals surface area contributed by atoms with Crippen LogP contribution < -0.4 is 10.2 Å². The van der Waals surface area contributed by atoms with Gasteiger partial charge in [0.2, 0.25) is 5.91 Å². The minimum atomic E-state index is -4.47. The maximum Gasteiger partial charge on any atom is 0.417 e. The Kier molecular flexibility index (Phi) is 6.86. The van der Waals surface area contributed by atoms with Crippen molar-refractivity contribution in [2.24, 2.45) is 11.3 Å². The van der Waals surface area contributed by atoms with E-state index in [9.17, 15) is 18.0 Å². The number of alkyl halides is 3. The molecule has 1 amide bonds. The number of hydrogen-bond donors (Lipinski definition) is 1. The third-order valence-electron chi connectivity index (χ3n) is 8.70. The number of pyridine rings is 1. The molecule has 5 atom stereocenters. The lowest BCUT2D eigenvalue weighted by molar-refractivity contribution is -0.143. The summed E-state index contributed by atoms with van der Waals surface area (Å²) in [5, 5.41) is 6.62. The number of methoxy groups -OCH3 is 1. The molecule has 2 saturated heterocycles. The van der Waals surface area contributed by atoms with Crippen molar-refractivity contribution >= 4 is 22.4 Å². The molecule has 2 aromatic rings. The summed E-state index contributed by atoms with van der Waals surface area (Å²) < 4.78 is 51.3. The fourth-order valence-corrected chi connectivity index (χ4v) is 7.51. The number of carbonyl (C=O) groups excluding carboxylic acids is 1. The SMILES string of the molecule is CO[C@@H]1COCC[C@@H]1N[C@@H]1C[C@H]2CN(c3nccs3)C[C@@]2(C(=O)N2CCc3ncc(C(F)(F)F)cc3C2)C1. The second kappa shape index (κ2) is 10.0. The van der Waals surface area contributed by atoms with E-state index in [0.717, 1.165) is 36.8 Å². The number of aromatic nitrogens is 2. The maximum absolute atomic E-state index is 14.3. The minimum absolute atomic E-state index is 0.0309. The van der Waals surface area contributed by atoms with Crippen LogP contribution in [0.4, 0.5) is 18.3 Å². The molecule has 6 rings (SSSR count). The Labute approximate surface area is 223 Å². The molecule has 0 radical (unpaired) electrons. The first-order chi connectivity index (χ1) is 18.3. The van der Waals surface area contributed by atoms with Gasteiger partial charge in [0.25, 0.3) is 0 Å². The molecule has 5 heterocycles. The van der Waals surface area contributed by atoms with E-state index in [1.165, 1.54) is 0 Å². The predicted molar refractivity (Wildman–Crippen MR) is 135 cm³/mol. The number of amides is 1. The van der Waals surface area contributed by atoms with Crippen LogP contribution in [-0.4, -0.2) is 78.9 Å². The number of halogens is 3. The van der Waals surface area contributed by atoms with E-state index in [0.29, 0.717) is 50.4 Å². The number of anilines is 1. The van der Waals surface area contributed by atoms with Crippen molar-refractivity contribution in [3.8, 4) is 0 Å². The molecule has 8 nitrogen and oxygen atoms in total. The summed E-state index contributed by atoms with van der Waals surface area (Å²) in [7, 11) is 1.70. The van der Waals surface area contributed by atoms with Gasteiger partial charge in [-0.25, -0.2) is 4.98 Å². The van der Waals surface area contributed by atoms with Gasteiger partial charge in [-0.2, -0.15) is 13.2 Å². The summed E-state index contributed by atoms with van der Waals surface area (Å²) in [4.78, 5) is 26.9. The molecule has 0 aromatic carbocycles. The van der Waals surface area contributed by atoms with Crippen LogP contribution in [0.2, 0.25) is 0 Å². The molecule has 0 bridgehead atoms. The van der Waals surface area contributed by atoms with Crippen LogP contribution in [0, 0.1) is 11.3 Å². The lowest BCUT2D eigenvalue weighted by atomic mass is 9.78. The average molecular weight is 552 g/mol. The Morgan fingerprint density at radius 2 is 2.21 bits per heavy atom. The first-order valence-corrected chi connectivity index (χ1v) is 14.0. The lowest BCUT2D eigenvalue weighted by Crippen LogP contribution is -2.52. The fraction of sp³-hybridized carbons (Fsp3) is 0.654. The smallest absolute Gasteiger partial charge is 0.379 e. The molecule has 1 N–H and O–H groups in total. The van der Waals surface area contributed by atoms with Crippen LogP contribution >= 0.6 is 11.3 Å². The van der Waals surface area contributed by atoms with Gasteiger partial charge in [-0.1, -0.05) is 0 Å². The predicted octanol–water partition coefficient (Wildman–Crippen LogP) is 3.12. The van der Waals surface area contributed by atoms with Crippen molar-refractivity contribution in [1.82, 2.24) is 20.2 Å². The van der Waals surface area contributed by atoms with Crippen molar-refractivity contribution in [3.63, 3.8) is 0 Å². The lowest BCUT2D eigenvalue weighted by Gasteiger charge is -2.37. The van der Waals surface area contributed by atoms with E-state index in [1.807, 2.05) is 5.38 Å². The largest absolute Gasteiger partial charge is 0.417 e. The Balaban J connectivity index is 1.24. The number of nitrogens with zero attached hydrogens (tertiary/aromatic N) is 4. The van der Waals surface area contributed by atoms with Crippen LogP contribution in [0.3, 0.4) is 0 Å². The molecule has 38 heavy (non-hydrogen) atoms. The van der Waals surface area contributed by atoms with Crippen LogP contribution in [0.5, 0.6) is 0 Å². The third-order valence-corrected chi connectivity index (χ3v) is 9.53. The molecule has 4 aliphatic rings. The van der Waals surface area contributed by atoms with Gasteiger partial charge in [0, 0.05) is 81.9 Å². The van der Waals surface area contributed by atoms with Gasteiger partial charge in [0.1, 0.15) is 0 Å². The Hall–Kier alpha value is -2.28. The van der Waals surface area contributed by atoms with Crippen molar-refractivity contribution in [1.29, 1.82) is 0 Å². The zero-order valence-electron chi connectivity index (χ0n) is 21.2. The molecular weight excluding hydrogens is 519 g/mol. The monoisotopic (exact) mass is 551 g/mol. The van der Waals surface area contributed by atoms with Gasteiger partial charge < -0.3 is 24.6 Å². The van der Waals surface area contributed by atoms with E-state index in [-0.39, 0.29) is 36.6 Å². The summed E-state index contributed by atoms with van der Waals surface area (Å²) in [5.74, 6) is 0.155. The molecule has 206 valence electrons. The molecule has 1 saturated carbocycles. The summed E-state index contributed by atoms with van der Waals surface area (Å²) in [5.41, 5.74) is -0.265. The third kappa shape index (κ3) is 4.69. The zero-order chi connectivity index (χ0) is 26.5. The van der Waals surface area contributed by atoms with Crippen molar-refractivity contribution < 1.29 is 27.4 Å². The standard InChI is InChI=1S/C26H32F3N5O3S/c1-36-22-14-37-6-3-21(22)32-19-9-18-13-34(24-30-4-7-38-24)15-25(18,10-19)23(35)33-5-2-20-16(12-33)8-17(11-31-20)26(27,28)29/h4,7-8,11,18-19,21-22,32H,2-3,5-6,9-10,12-15H2,1H3/t18-,19+,21-,22+,25-/m0/s1. The van der Waals surface area contributed by atoms with Crippen molar-refractivity contribution in [3.05, 3.63) is 40.7 Å². The number of rotatable bonds is 5. The Bertz CT molecular complexity index is 1170. The summed E-state index contributed by atoms with van der Waals surface area (Å²) in [6, 6.07) is 1.47. The second-order valence-electron chi connectivity index (χ2n) is 10.9. The Morgan fingerprint density at radius 3 is 2.97 bits per heavy atom. The van der Waals surface area contributed by atoms with Gasteiger partial charge in [0.15, 0.2) is 5.13 Å². The Morgan fingerprint density at radius 1 is 1.34 bits per heavy atom. The number of hydrogen-bond acceptors (Lipinski definition) is 8. The average Bonchev–Trinajstić information content (AvgIpc) is 3.63. The quantitative estimate of drug-likeness (QED) is 0.612. The normalized spacial score (nSPS) is 31.4. The van der Waals surface area contributed by atoms with Gasteiger partial charge >= 0.3 is 6.18 Å². The molecular formula is C26H32F3N5O3S. The molecule has 3 fully saturated rings. The molecule has 1 aliphatic carbocycles. The van der Waals surface area contributed by atoms with Gasteiger partial charge in [0.05, 0.1) is 23.7 Å². The molecule has 2 aromatic heterocycles. The topological polar surface area (TPSA) is 79.8 Å². The number of thiazole rings is 1. The van der Waals surface area contributed by atoms with Crippen LogP contribution in [0.1, 0.15) is 36.1 Å². The number of ether oxygens (including phenoxy) is 2. The summed E-state index contributed by atoms with van der Waals surface area (Å²) in [6.45, 7) is 3.14. The highest BCUT2D eigenvalue weighted by atomic mass is 32.1. The van der Waals surface area contributed by atoms with Crippen molar-refractivity contribution in [2.75, 3.05) is 44.9 Å². The van der Waals surface area contributed by atoms with E-state index in [1.54, 1.807) is 29.5 Å². The van der Waals surface area contributed by atoms with Gasteiger partial charge in [-0.05, 0) is 36.8 Å². The number of fused-ring (bicyclic) bond motifs is 2. The molecule has 0 spiro atoms. The second-order valence-corrected chi connectivity index (χ2v) is 11.8. The zero-order valence-corrected chi connectivity index (χ0v) is 22.1. The molecule has 0 unspecified atom stereocenters. The molecule has 3 aliphatic heterocycles. The summed E-state index contributed by atoms with van der Waals surface area (Å²) >= 11 is 1.56. The fourth-order valence-electron chi connectivity index (χ4n) is 6.85. The first-order valence-electron chi connectivity index (χ1n) is 13.1. The maximum atomic E-state index is 14.3. The van der Waals surface area contributed by atoms with Crippen molar-refractivity contribution in [2.45, 2.75) is 56.6 Å². The van der Waals surface area contributed by atoms with E-state index >= 15 is 0 Å². The van der Waals surface area contributed by atoms with Crippen LogP contribution in [-0.2, 0) is 33.4 Å². The van der Waals surface area contributed by atoms with E-state index < -0.39 is 17.2 Å². The number of carbonyl (C=O) groups is 1. The minimum Gasteiger partial charge on any atom is -0.379 e. The highest BCUT2D eigenvalue weighted by Gasteiger charge is 2.59. The van der Waals surface area contributed by atoms with E-state index in [2.05, 4.69) is 20.2 Å².